The molecule has 0 spiro atoms. The molecule has 1 fully saturated rings. The number of hydrogen-bond acceptors (Lipinski definition) is 6. The molecule has 0 bridgehead atoms. The van der Waals surface area contributed by atoms with Crippen molar-refractivity contribution >= 4 is 17.5 Å². The number of allylic oxidation sites excluding steroid dienone is 2. The van der Waals surface area contributed by atoms with Crippen molar-refractivity contribution in [1.29, 1.82) is 0 Å². The fraction of sp³-hybridized carbons (Fsp3) is 0.708. The number of esters is 1. The van der Waals surface area contributed by atoms with Gasteiger partial charge in [0.25, 0.3) is 0 Å². The number of rotatable bonds is 4. The Morgan fingerprint density at radius 2 is 2.13 bits per heavy atom. The van der Waals surface area contributed by atoms with Crippen molar-refractivity contribution in [3.63, 3.8) is 0 Å². The Kier molecular flexibility index (Phi) is 5.41. The Balaban J connectivity index is 1.54. The Bertz CT molecular complexity index is 822. The molecule has 6 heteroatoms. The lowest BCUT2D eigenvalue weighted by molar-refractivity contribution is -0.159. The molecule has 5 unspecified atom stereocenters. The van der Waals surface area contributed by atoms with Gasteiger partial charge >= 0.3 is 5.97 Å². The third-order valence-electron chi connectivity index (χ3n) is 7.00. The summed E-state index contributed by atoms with van der Waals surface area (Å²) in [5.74, 6) is -0.0663. The van der Waals surface area contributed by atoms with Crippen LogP contribution in [0.15, 0.2) is 28.9 Å². The van der Waals surface area contributed by atoms with Gasteiger partial charge in [0.15, 0.2) is 5.78 Å². The van der Waals surface area contributed by atoms with E-state index in [1.54, 1.807) is 0 Å². The molecule has 1 N–H and O–H groups in total. The van der Waals surface area contributed by atoms with Crippen LogP contribution in [0.4, 0.5) is 0 Å². The second-order valence-electron chi connectivity index (χ2n) is 10.3. The second kappa shape index (κ2) is 7.63. The highest BCUT2D eigenvalue weighted by Gasteiger charge is 2.48. The first-order valence-corrected chi connectivity index (χ1v) is 11.3. The summed E-state index contributed by atoms with van der Waals surface area (Å²) in [6, 6.07) is 0.610. The van der Waals surface area contributed by atoms with Gasteiger partial charge in [0.1, 0.15) is 5.60 Å². The van der Waals surface area contributed by atoms with Crippen molar-refractivity contribution in [2.45, 2.75) is 89.5 Å². The summed E-state index contributed by atoms with van der Waals surface area (Å²) < 4.78 is 5.42. The van der Waals surface area contributed by atoms with Gasteiger partial charge in [-0.2, -0.15) is 0 Å². The molecule has 0 radical (unpaired) electrons. The molecule has 3 heterocycles. The summed E-state index contributed by atoms with van der Waals surface area (Å²) in [6.07, 6.45) is 9.85. The largest absolute Gasteiger partial charge is 0.460 e. The van der Waals surface area contributed by atoms with E-state index in [0.29, 0.717) is 36.1 Å². The normalized spacial score (nSPS) is 32.4. The van der Waals surface area contributed by atoms with Crippen molar-refractivity contribution in [3.05, 3.63) is 23.9 Å². The monoisotopic (exact) mass is 414 g/mol. The van der Waals surface area contributed by atoms with Gasteiger partial charge in [-0.15, -0.1) is 0 Å². The Labute approximate surface area is 179 Å². The molecule has 1 aliphatic carbocycles. The van der Waals surface area contributed by atoms with Crippen molar-refractivity contribution < 1.29 is 19.4 Å². The van der Waals surface area contributed by atoms with Crippen LogP contribution in [0.5, 0.6) is 0 Å². The van der Waals surface area contributed by atoms with Gasteiger partial charge in [0.2, 0.25) is 0 Å². The lowest BCUT2D eigenvalue weighted by Gasteiger charge is -2.38. The summed E-state index contributed by atoms with van der Waals surface area (Å²) in [6.45, 7) is 8.26. The quantitative estimate of drug-likeness (QED) is 0.715. The minimum absolute atomic E-state index is 0.0285. The van der Waals surface area contributed by atoms with E-state index in [1.807, 2.05) is 27.7 Å². The van der Waals surface area contributed by atoms with Gasteiger partial charge in [-0.1, -0.05) is 13.0 Å². The lowest BCUT2D eigenvalue weighted by Crippen LogP contribution is -2.44. The first-order chi connectivity index (χ1) is 14.1. The summed E-state index contributed by atoms with van der Waals surface area (Å²) in [5, 5.41) is 11.3. The standard InChI is InChI=1S/C24H34N2O4/c1-5-24(29,13-20(28)30-23(2,3)4)17-11-15-10-16-14-26-9-7-6-8-18(26)21(16)25-22(15)19(27)12-17/h7,9,12,15-16,18,21,29H,5-6,8,10-11,13-14H2,1-4H3. The first kappa shape index (κ1) is 21.3. The van der Waals surface area contributed by atoms with Gasteiger partial charge in [-0.05, 0) is 70.7 Å². The number of ether oxygens (including phenoxy) is 1. The molecule has 0 aromatic carbocycles. The third kappa shape index (κ3) is 3.98. The lowest BCUT2D eigenvalue weighted by atomic mass is 9.71. The molecule has 4 rings (SSSR count). The van der Waals surface area contributed by atoms with Crippen LogP contribution in [-0.2, 0) is 14.3 Å². The molecule has 3 aliphatic heterocycles. The molecule has 30 heavy (non-hydrogen) atoms. The third-order valence-corrected chi connectivity index (χ3v) is 7.00. The number of carbonyl (C=O) groups is 2. The van der Waals surface area contributed by atoms with E-state index in [1.165, 1.54) is 6.08 Å². The van der Waals surface area contributed by atoms with Crippen LogP contribution >= 0.6 is 0 Å². The second-order valence-corrected chi connectivity index (χ2v) is 10.3. The Morgan fingerprint density at radius 1 is 1.37 bits per heavy atom. The smallest absolute Gasteiger partial charge is 0.309 e. The number of nitrogens with zero attached hydrogens (tertiary/aromatic N) is 2. The van der Waals surface area contributed by atoms with Gasteiger partial charge in [0, 0.05) is 18.4 Å². The molecular formula is C24H34N2O4. The van der Waals surface area contributed by atoms with Gasteiger partial charge in [-0.25, -0.2) is 0 Å². The maximum absolute atomic E-state index is 13.0. The van der Waals surface area contributed by atoms with Crippen molar-refractivity contribution in [2.24, 2.45) is 16.8 Å². The fourth-order valence-corrected chi connectivity index (χ4v) is 5.57. The summed E-state index contributed by atoms with van der Waals surface area (Å²) in [5.41, 5.74) is -0.633. The maximum Gasteiger partial charge on any atom is 0.309 e. The number of aliphatic imine (C=N–C) groups is 1. The molecule has 0 amide bonds. The Hall–Kier alpha value is -1.95. The highest BCUT2D eigenvalue weighted by molar-refractivity contribution is 6.45. The highest BCUT2D eigenvalue weighted by atomic mass is 16.6. The minimum Gasteiger partial charge on any atom is -0.460 e. The molecule has 1 saturated heterocycles. The molecule has 6 nitrogen and oxygen atoms in total. The van der Waals surface area contributed by atoms with Crippen molar-refractivity contribution in [3.8, 4) is 0 Å². The average molecular weight is 415 g/mol. The molecule has 0 aromatic heterocycles. The van der Waals surface area contributed by atoms with Crippen molar-refractivity contribution in [1.82, 2.24) is 4.90 Å². The zero-order valence-corrected chi connectivity index (χ0v) is 18.6. The van der Waals surface area contributed by atoms with E-state index in [-0.39, 0.29) is 24.2 Å². The predicted octanol–water partition coefficient (Wildman–Crippen LogP) is 3.20. The molecule has 0 saturated carbocycles. The number of aliphatic hydroxyl groups is 1. The predicted molar refractivity (Wildman–Crippen MR) is 115 cm³/mol. The van der Waals surface area contributed by atoms with Crippen LogP contribution in [0.1, 0.15) is 66.2 Å². The maximum atomic E-state index is 13.0. The average Bonchev–Trinajstić information content (AvgIpc) is 3.02. The molecular weight excluding hydrogens is 380 g/mol. The van der Waals surface area contributed by atoms with Crippen LogP contribution in [-0.4, -0.2) is 57.3 Å². The first-order valence-electron chi connectivity index (χ1n) is 11.3. The topological polar surface area (TPSA) is 79.2 Å². The van der Waals surface area contributed by atoms with Crippen LogP contribution in [0, 0.1) is 11.8 Å². The van der Waals surface area contributed by atoms with Gasteiger partial charge < -0.3 is 14.7 Å². The van der Waals surface area contributed by atoms with Crippen LogP contribution in [0.3, 0.4) is 0 Å². The van der Waals surface area contributed by atoms with E-state index in [9.17, 15) is 14.7 Å². The zero-order valence-electron chi connectivity index (χ0n) is 18.6. The number of carbonyl (C=O) groups excluding carboxylic acids is 2. The molecule has 5 atom stereocenters. The summed E-state index contributed by atoms with van der Waals surface area (Å²) in [4.78, 5) is 32.8. The zero-order chi connectivity index (χ0) is 21.7. The van der Waals surface area contributed by atoms with Crippen LogP contribution in [0.2, 0.25) is 0 Å². The van der Waals surface area contributed by atoms with E-state index < -0.39 is 17.2 Å². The van der Waals surface area contributed by atoms with Crippen LogP contribution < -0.4 is 0 Å². The van der Waals surface area contributed by atoms with Crippen molar-refractivity contribution in [2.75, 3.05) is 6.54 Å². The number of hydrogen-bond donors (Lipinski definition) is 1. The van der Waals surface area contributed by atoms with E-state index in [2.05, 4.69) is 17.2 Å². The number of fused-ring (bicyclic) bond motifs is 4. The summed E-state index contributed by atoms with van der Waals surface area (Å²) >= 11 is 0. The van der Waals surface area contributed by atoms with E-state index >= 15 is 0 Å². The van der Waals surface area contributed by atoms with Gasteiger partial charge in [-0.3, -0.25) is 14.6 Å². The van der Waals surface area contributed by atoms with Crippen LogP contribution in [0.25, 0.3) is 0 Å². The van der Waals surface area contributed by atoms with E-state index in [0.717, 1.165) is 25.8 Å². The number of ketones is 1. The molecule has 164 valence electrons. The fourth-order valence-electron chi connectivity index (χ4n) is 5.57. The summed E-state index contributed by atoms with van der Waals surface area (Å²) in [7, 11) is 0. The molecule has 4 aliphatic rings. The molecule has 0 aromatic rings. The van der Waals surface area contributed by atoms with Gasteiger partial charge in [0.05, 0.1) is 29.8 Å². The minimum atomic E-state index is -1.35. The Morgan fingerprint density at radius 3 is 2.83 bits per heavy atom. The highest BCUT2D eigenvalue weighted by Crippen LogP contribution is 2.43. The SMILES string of the molecule is CCC(O)(CC(=O)OC(C)(C)C)C1=CC(=O)C2=NC3C(CC2C1)CN1C=CCCC31. The van der Waals surface area contributed by atoms with E-state index in [4.69, 9.17) is 9.73 Å².